The van der Waals surface area contributed by atoms with Gasteiger partial charge in [-0.2, -0.15) is 33.0 Å². The lowest BCUT2D eigenvalue weighted by atomic mass is 10.2. The average Bonchev–Trinajstić information content (AvgIpc) is 3.82. The van der Waals surface area contributed by atoms with Crippen molar-refractivity contribution in [2.75, 3.05) is 37.0 Å². The molecule has 3 fully saturated rings. The van der Waals surface area contributed by atoms with Gasteiger partial charge in [0, 0.05) is 37.9 Å². The Balaban J connectivity index is 1.14. The number of rotatable bonds is 16. The van der Waals surface area contributed by atoms with E-state index in [1.165, 1.54) is 36.8 Å². The topological polar surface area (TPSA) is 361 Å². The summed E-state index contributed by atoms with van der Waals surface area (Å²) >= 11 is 15.1. The molecule has 3 saturated heterocycles. The van der Waals surface area contributed by atoms with Gasteiger partial charge in [0.2, 0.25) is 0 Å². The van der Waals surface area contributed by atoms with Crippen LogP contribution in [-0.4, -0.2) is 105 Å². The fourth-order valence-corrected chi connectivity index (χ4v) is 10.1. The normalized spacial score (nSPS) is 30.5. The van der Waals surface area contributed by atoms with Gasteiger partial charge in [0.1, 0.15) is 93.1 Å². The van der Waals surface area contributed by atoms with E-state index >= 15 is 0 Å². The van der Waals surface area contributed by atoms with E-state index in [9.17, 15) is 39.1 Å². The number of hydrogen-bond acceptors (Lipinski definition) is 25. The molecule has 0 spiro atoms. The van der Waals surface area contributed by atoms with E-state index in [1.54, 1.807) is 0 Å². The first kappa shape index (κ1) is 45.4. The van der Waals surface area contributed by atoms with Crippen LogP contribution < -0.4 is 39.2 Å². The van der Waals surface area contributed by atoms with Crippen LogP contribution in [0.4, 0.5) is 17.5 Å². The maximum Gasteiger partial charge on any atom is 0.351 e. The van der Waals surface area contributed by atoms with Crippen molar-refractivity contribution in [3.8, 4) is 0 Å². The van der Waals surface area contributed by atoms with E-state index < -0.39 is 114 Å². The molecule has 0 radical (unpaired) electrons. The highest BCUT2D eigenvalue weighted by Gasteiger charge is 2.49. The van der Waals surface area contributed by atoms with Gasteiger partial charge in [0.05, 0.1) is 6.61 Å². The first-order valence-corrected chi connectivity index (χ1v) is 24.6. The zero-order chi connectivity index (χ0) is 42.2. The quantitative estimate of drug-likeness (QED) is 0.0579. The van der Waals surface area contributed by atoms with Crippen molar-refractivity contribution in [2.24, 2.45) is 0 Å². The third kappa shape index (κ3) is 11.6. The first-order valence-electron chi connectivity index (χ1n) is 16.8. The summed E-state index contributed by atoms with van der Waals surface area (Å²) in [6, 6.07) is 4.04. The van der Waals surface area contributed by atoms with Crippen LogP contribution in [0.1, 0.15) is 37.9 Å². The largest absolute Gasteiger partial charge is 0.649 e. The Kier molecular flexibility index (Phi) is 14.4. The minimum Gasteiger partial charge on any atom is -0.649 e. The van der Waals surface area contributed by atoms with E-state index in [2.05, 4.69) is 27.2 Å². The summed E-state index contributed by atoms with van der Waals surface area (Å²) in [7, 11) is -13.0. The van der Waals surface area contributed by atoms with Crippen molar-refractivity contribution in [2.45, 2.75) is 74.6 Å². The standard InChI is InChI=1S/C27H38N9O16P3S3/c28-19-1-4-34(25(38)31-19)22-7-13(16(10-37)47-22)51-54(43,57)46-12-18-15(9-24(49-18)36-6-3-21(30)33-27(36)40)52-55(44,58)45-11-17-14(50-53(41,42)56)8-23(48-17)35-5-2-20(29)32-26(35)39/h1-6,13-18,22-24,37H,7-12H2,(H,43,57)(H,44,58)(H2,28,31,38)(H2,29,32,39)(H2,30,33,40)(H2,41,42,56)/p-1/t13-,14-,15-,16+,17+,18+,22+,23+,24+,54?,55?/m0/s1. The van der Waals surface area contributed by atoms with Gasteiger partial charge in [-0.3, -0.25) is 13.7 Å². The number of hydrogen-bond donors (Lipinski definition) is 7. The molecule has 10 N–H and O–H groups in total. The van der Waals surface area contributed by atoms with Crippen LogP contribution in [0.5, 0.6) is 0 Å². The molecule has 58 heavy (non-hydrogen) atoms. The van der Waals surface area contributed by atoms with Crippen LogP contribution in [0.3, 0.4) is 0 Å². The van der Waals surface area contributed by atoms with E-state index in [0.717, 1.165) is 13.7 Å². The van der Waals surface area contributed by atoms with E-state index in [0.29, 0.717) is 0 Å². The summed E-state index contributed by atoms with van der Waals surface area (Å²) in [5, 5.41) is 9.94. The highest BCUT2D eigenvalue weighted by atomic mass is 32.7. The molecule has 0 amide bonds. The highest BCUT2D eigenvalue weighted by molar-refractivity contribution is 8.36. The molecule has 12 atom stereocenters. The molecule has 0 bridgehead atoms. The van der Waals surface area contributed by atoms with Gasteiger partial charge >= 0.3 is 17.1 Å². The maximum atomic E-state index is 12.7. The van der Waals surface area contributed by atoms with Crippen LogP contribution >= 0.6 is 21.4 Å². The van der Waals surface area contributed by atoms with Crippen molar-refractivity contribution in [3.05, 3.63) is 68.2 Å². The highest BCUT2D eigenvalue weighted by Crippen LogP contribution is 2.60. The Morgan fingerprint density at radius 2 is 0.983 bits per heavy atom. The third-order valence-corrected chi connectivity index (χ3v) is 12.8. The molecular formula is C27H37N9O16P3S3-. The molecule has 25 nitrogen and oxygen atoms in total. The zero-order valence-electron chi connectivity index (χ0n) is 29.6. The number of aliphatic hydroxyl groups is 1. The molecule has 3 aliphatic rings. The SMILES string of the molecule is Nc1ccn([C@H]2C[C@H](O[P+]([O-])(O)[S-])[C@@H](CO[P+](O)([S-])O[C@H]3C[C@H](n4ccc(N)nc4=O)O[C@@H]3CO[P+](O)([S-])O[C@H]3C[C@H](n4ccc(N)nc4=O)O[C@@H]3CO)O2)c(=O)n1. The van der Waals surface area contributed by atoms with Crippen LogP contribution in [0.25, 0.3) is 0 Å². The predicted octanol–water partition coefficient (Wildman–Crippen LogP) is -2.44. The number of nitrogen functional groups attached to an aromatic ring is 3. The number of ether oxygens (including phenoxy) is 3. The molecule has 6 rings (SSSR count). The average molecular weight is 933 g/mol. The van der Waals surface area contributed by atoms with Gasteiger partial charge in [-0.05, 0) is 18.2 Å². The Morgan fingerprint density at radius 3 is 1.31 bits per heavy atom. The minimum atomic E-state index is -4.52. The summed E-state index contributed by atoms with van der Waals surface area (Å²) in [6.45, 7) is -1.74. The smallest absolute Gasteiger partial charge is 0.351 e. The van der Waals surface area contributed by atoms with Crippen molar-refractivity contribution >= 4 is 75.6 Å². The zero-order valence-corrected chi connectivity index (χ0v) is 34.7. The lowest BCUT2D eigenvalue weighted by Crippen LogP contribution is -2.33. The van der Waals surface area contributed by atoms with Gasteiger partial charge in [-0.15, -0.1) is 0 Å². The molecule has 0 aromatic carbocycles. The van der Waals surface area contributed by atoms with Crippen molar-refractivity contribution in [3.63, 3.8) is 0 Å². The number of anilines is 3. The van der Waals surface area contributed by atoms with Gasteiger partial charge in [0.15, 0.2) is 0 Å². The molecule has 31 heteroatoms. The van der Waals surface area contributed by atoms with Crippen LogP contribution in [0.2, 0.25) is 0 Å². The molecule has 320 valence electrons. The second kappa shape index (κ2) is 18.5. The summed E-state index contributed by atoms with van der Waals surface area (Å²) in [4.78, 5) is 92.6. The summed E-state index contributed by atoms with van der Waals surface area (Å²) < 4.78 is 48.7. The Hall–Kier alpha value is -2.14. The molecule has 0 saturated carbocycles. The second-order valence-corrected chi connectivity index (χ2v) is 20.9. The molecule has 3 aliphatic heterocycles. The van der Waals surface area contributed by atoms with E-state index in [-0.39, 0.29) is 36.7 Å². The molecule has 3 aromatic heterocycles. The molecular weight excluding hydrogens is 895 g/mol. The Bertz CT molecular complexity index is 2100. The lowest BCUT2D eigenvalue weighted by molar-refractivity contribution is -0.209. The van der Waals surface area contributed by atoms with Gasteiger partial charge in [-0.25, -0.2) is 33.6 Å². The second-order valence-electron chi connectivity index (χ2n) is 12.8. The lowest BCUT2D eigenvalue weighted by Gasteiger charge is -2.32. The summed E-state index contributed by atoms with van der Waals surface area (Å²) in [5.41, 5.74) is 14.5. The van der Waals surface area contributed by atoms with E-state index in [1.807, 2.05) is 0 Å². The van der Waals surface area contributed by atoms with Crippen molar-refractivity contribution in [1.29, 1.82) is 0 Å². The third-order valence-electron chi connectivity index (χ3n) is 8.82. The fourth-order valence-electron chi connectivity index (χ4n) is 6.25. The molecule has 0 aliphatic carbocycles. The molecule has 3 aromatic rings. The number of nitrogens with zero attached hydrogens (tertiary/aromatic N) is 6. The Labute approximate surface area is 344 Å². The Morgan fingerprint density at radius 1 is 0.655 bits per heavy atom. The number of aromatic nitrogens is 6. The van der Waals surface area contributed by atoms with Crippen LogP contribution in [0, 0.1) is 0 Å². The fraction of sp³-hybridized carbons (Fsp3) is 0.556. The van der Waals surface area contributed by atoms with E-state index in [4.69, 9.17) is 78.5 Å². The van der Waals surface area contributed by atoms with Gasteiger partial charge in [-0.1, -0.05) is 0 Å². The van der Waals surface area contributed by atoms with Gasteiger partial charge in [0.25, 0.3) is 14.3 Å². The van der Waals surface area contributed by atoms with Gasteiger partial charge < -0.3 is 78.2 Å². The minimum absolute atomic E-state index is 0.0144. The summed E-state index contributed by atoms with van der Waals surface area (Å²) in [6.07, 6.45) is -6.58. The molecule has 6 heterocycles. The van der Waals surface area contributed by atoms with Crippen molar-refractivity contribution < 1.29 is 61.5 Å². The molecule has 3 unspecified atom stereocenters. The monoisotopic (exact) mass is 932 g/mol. The number of nitrogens with two attached hydrogens (primary N) is 3. The first-order chi connectivity index (χ1) is 27.2. The maximum absolute atomic E-state index is 12.7. The summed E-state index contributed by atoms with van der Waals surface area (Å²) in [5.74, 6) is -0.133. The van der Waals surface area contributed by atoms with Crippen LogP contribution in [-0.2, 0) is 73.6 Å². The van der Waals surface area contributed by atoms with Crippen LogP contribution in [0.15, 0.2) is 51.2 Å². The van der Waals surface area contributed by atoms with Crippen molar-refractivity contribution in [1.82, 2.24) is 28.7 Å². The predicted molar refractivity (Wildman–Crippen MR) is 207 cm³/mol. The number of aliphatic hydroxyl groups excluding tert-OH is 1.